The van der Waals surface area contributed by atoms with E-state index in [0.717, 1.165) is 32.3 Å². The minimum absolute atomic E-state index is 0.406. The smallest absolute Gasteiger partial charge is 0.0827 e. The minimum Gasteiger partial charge on any atom is -0.374 e. The van der Waals surface area contributed by atoms with Crippen LogP contribution in [0.2, 0.25) is 0 Å². The van der Waals surface area contributed by atoms with Gasteiger partial charge in [0.2, 0.25) is 0 Å². The normalized spacial score (nSPS) is 37.7. The molecule has 3 aliphatic heterocycles. The van der Waals surface area contributed by atoms with E-state index in [1.807, 2.05) is 0 Å². The van der Waals surface area contributed by atoms with Crippen molar-refractivity contribution in [2.24, 2.45) is 0 Å². The Hall–Kier alpha value is -0.160. The van der Waals surface area contributed by atoms with Crippen LogP contribution in [0.5, 0.6) is 0 Å². The van der Waals surface area contributed by atoms with Crippen LogP contribution in [0.25, 0.3) is 0 Å². The molecule has 0 bridgehead atoms. The molecule has 0 saturated carbocycles. The number of rotatable bonds is 4. The van der Waals surface area contributed by atoms with Crippen molar-refractivity contribution in [3.05, 3.63) is 0 Å². The molecule has 0 aliphatic carbocycles. The zero-order valence-electron chi connectivity index (χ0n) is 11.4. The number of nitrogens with zero attached hydrogens (tertiary/aromatic N) is 1. The molecule has 3 heterocycles. The predicted octanol–water partition coefficient (Wildman–Crippen LogP) is 0.581. The van der Waals surface area contributed by atoms with Crippen molar-refractivity contribution in [3.8, 4) is 0 Å². The van der Waals surface area contributed by atoms with E-state index in [-0.39, 0.29) is 0 Å². The van der Waals surface area contributed by atoms with Gasteiger partial charge in [-0.2, -0.15) is 0 Å². The number of fused-ring (bicyclic) bond motifs is 1. The Morgan fingerprint density at radius 3 is 3.06 bits per heavy atom. The third-order valence-electron chi connectivity index (χ3n) is 4.64. The van der Waals surface area contributed by atoms with E-state index in [9.17, 15) is 0 Å². The average Bonchev–Trinajstić information content (AvgIpc) is 2.87. The Morgan fingerprint density at radius 2 is 2.17 bits per heavy atom. The molecular formula is C14H27N3O. The van der Waals surface area contributed by atoms with E-state index in [0.29, 0.717) is 12.1 Å². The van der Waals surface area contributed by atoms with Gasteiger partial charge in [-0.05, 0) is 38.8 Å². The fourth-order valence-electron chi connectivity index (χ4n) is 3.53. The van der Waals surface area contributed by atoms with Gasteiger partial charge in [0.25, 0.3) is 0 Å². The van der Waals surface area contributed by atoms with Crippen LogP contribution in [-0.2, 0) is 4.74 Å². The fourth-order valence-corrected chi connectivity index (χ4v) is 3.53. The quantitative estimate of drug-likeness (QED) is 0.768. The van der Waals surface area contributed by atoms with Crippen molar-refractivity contribution in [1.29, 1.82) is 0 Å². The summed E-state index contributed by atoms with van der Waals surface area (Å²) in [5.41, 5.74) is 0. The van der Waals surface area contributed by atoms with Gasteiger partial charge in [0.15, 0.2) is 0 Å². The van der Waals surface area contributed by atoms with Gasteiger partial charge < -0.3 is 15.4 Å². The summed E-state index contributed by atoms with van der Waals surface area (Å²) in [5.74, 6) is 0. The fraction of sp³-hybridized carbons (Fsp3) is 1.00. The van der Waals surface area contributed by atoms with Gasteiger partial charge >= 0.3 is 0 Å². The molecule has 4 heteroatoms. The van der Waals surface area contributed by atoms with Crippen molar-refractivity contribution in [3.63, 3.8) is 0 Å². The number of ether oxygens (including phenoxy) is 1. The number of hydrogen-bond donors (Lipinski definition) is 2. The number of piperidine rings is 1. The lowest BCUT2D eigenvalue weighted by atomic mass is 10.1. The van der Waals surface area contributed by atoms with Crippen molar-refractivity contribution >= 4 is 0 Å². The highest BCUT2D eigenvalue weighted by molar-refractivity contribution is 4.86. The molecule has 0 aromatic rings. The topological polar surface area (TPSA) is 36.5 Å². The van der Waals surface area contributed by atoms with Gasteiger partial charge in [0.05, 0.1) is 12.7 Å². The Bertz CT molecular complexity index is 255. The lowest BCUT2D eigenvalue weighted by Crippen LogP contribution is -2.51. The summed E-state index contributed by atoms with van der Waals surface area (Å²) in [5, 5.41) is 7.17. The van der Waals surface area contributed by atoms with Crippen LogP contribution in [0.1, 0.15) is 32.1 Å². The van der Waals surface area contributed by atoms with E-state index >= 15 is 0 Å². The first-order valence-electron chi connectivity index (χ1n) is 7.71. The zero-order chi connectivity index (χ0) is 12.2. The number of nitrogens with one attached hydrogen (secondary N) is 2. The van der Waals surface area contributed by atoms with Gasteiger partial charge in [0.1, 0.15) is 0 Å². The molecule has 0 amide bonds. The molecule has 4 nitrogen and oxygen atoms in total. The van der Waals surface area contributed by atoms with Crippen LogP contribution < -0.4 is 10.6 Å². The van der Waals surface area contributed by atoms with Gasteiger partial charge in [-0.3, -0.25) is 4.90 Å². The summed E-state index contributed by atoms with van der Waals surface area (Å²) >= 11 is 0. The highest BCUT2D eigenvalue weighted by atomic mass is 16.5. The standard InChI is InChI=1S/C14H27N3O/c1-2-6-16-12(4-1)8-15-9-14-10-17-7-3-5-13(17)11-18-14/h12-16H,1-11H2. The maximum atomic E-state index is 5.96. The van der Waals surface area contributed by atoms with E-state index in [1.165, 1.54) is 45.2 Å². The molecular weight excluding hydrogens is 226 g/mol. The largest absolute Gasteiger partial charge is 0.374 e. The summed E-state index contributed by atoms with van der Waals surface area (Å²) in [6, 6.07) is 1.41. The minimum atomic E-state index is 0.406. The molecule has 3 saturated heterocycles. The highest BCUT2D eigenvalue weighted by Gasteiger charge is 2.31. The summed E-state index contributed by atoms with van der Waals surface area (Å²) < 4.78 is 5.96. The van der Waals surface area contributed by atoms with E-state index in [2.05, 4.69) is 15.5 Å². The first-order valence-corrected chi connectivity index (χ1v) is 7.71. The third kappa shape index (κ3) is 3.23. The van der Waals surface area contributed by atoms with Crippen molar-refractivity contribution in [1.82, 2.24) is 15.5 Å². The van der Waals surface area contributed by atoms with Crippen LogP contribution in [0.4, 0.5) is 0 Å². The van der Waals surface area contributed by atoms with Gasteiger partial charge in [0, 0.05) is 31.7 Å². The maximum Gasteiger partial charge on any atom is 0.0827 e. The number of hydrogen-bond acceptors (Lipinski definition) is 4. The molecule has 18 heavy (non-hydrogen) atoms. The van der Waals surface area contributed by atoms with Crippen LogP contribution >= 0.6 is 0 Å². The Labute approximate surface area is 110 Å². The Kier molecular flexibility index (Phi) is 4.52. The molecule has 3 fully saturated rings. The number of morpholine rings is 1. The lowest BCUT2D eigenvalue weighted by molar-refractivity contribution is -0.0470. The van der Waals surface area contributed by atoms with Gasteiger partial charge in [-0.25, -0.2) is 0 Å². The van der Waals surface area contributed by atoms with Crippen LogP contribution in [0.15, 0.2) is 0 Å². The molecule has 0 radical (unpaired) electrons. The van der Waals surface area contributed by atoms with Crippen molar-refractivity contribution in [2.45, 2.75) is 50.3 Å². The molecule has 3 aliphatic rings. The average molecular weight is 253 g/mol. The van der Waals surface area contributed by atoms with E-state index in [4.69, 9.17) is 4.74 Å². The van der Waals surface area contributed by atoms with Gasteiger partial charge in [-0.1, -0.05) is 6.42 Å². The highest BCUT2D eigenvalue weighted by Crippen LogP contribution is 2.22. The van der Waals surface area contributed by atoms with Crippen LogP contribution in [0, 0.1) is 0 Å². The second-order valence-electron chi connectivity index (χ2n) is 6.05. The first kappa shape index (κ1) is 12.9. The Morgan fingerprint density at radius 1 is 1.17 bits per heavy atom. The third-order valence-corrected chi connectivity index (χ3v) is 4.64. The maximum absolute atomic E-state index is 5.96. The summed E-state index contributed by atoms with van der Waals surface area (Å²) in [4.78, 5) is 2.62. The van der Waals surface area contributed by atoms with E-state index < -0.39 is 0 Å². The van der Waals surface area contributed by atoms with Gasteiger partial charge in [-0.15, -0.1) is 0 Å². The molecule has 3 rings (SSSR count). The molecule has 104 valence electrons. The molecule has 3 atom stereocenters. The predicted molar refractivity (Wildman–Crippen MR) is 72.8 cm³/mol. The Balaban J connectivity index is 1.33. The van der Waals surface area contributed by atoms with Crippen molar-refractivity contribution in [2.75, 3.05) is 39.3 Å². The monoisotopic (exact) mass is 253 g/mol. The molecule has 3 unspecified atom stereocenters. The molecule has 2 N–H and O–H groups in total. The van der Waals surface area contributed by atoms with Crippen LogP contribution in [0.3, 0.4) is 0 Å². The second-order valence-corrected chi connectivity index (χ2v) is 6.05. The van der Waals surface area contributed by atoms with E-state index in [1.54, 1.807) is 0 Å². The first-order chi connectivity index (χ1) is 8.92. The molecule has 0 aromatic carbocycles. The van der Waals surface area contributed by atoms with Crippen LogP contribution in [-0.4, -0.2) is 62.4 Å². The summed E-state index contributed by atoms with van der Waals surface area (Å²) in [6.45, 7) is 6.69. The lowest BCUT2D eigenvalue weighted by Gasteiger charge is -2.35. The molecule has 0 aromatic heterocycles. The molecule has 0 spiro atoms. The zero-order valence-corrected chi connectivity index (χ0v) is 11.4. The second kappa shape index (κ2) is 6.33. The summed E-state index contributed by atoms with van der Waals surface area (Å²) in [7, 11) is 0. The van der Waals surface area contributed by atoms with Crippen molar-refractivity contribution < 1.29 is 4.74 Å². The SMILES string of the molecule is C1CCC(CNCC2CN3CCCC3CO2)NC1. The summed E-state index contributed by atoms with van der Waals surface area (Å²) in [6.07, 6.45) is 7.16.